The topological polar surface area (TPSA) is 103 Å². The van der Waals surface area contributed by atoms with E-state index in [1.807, 2.05) is 0 Å². The summed E-state index contributed by atoms with van der Waals surface area (Å²) in [5.41, 5.74) is 1.29. The monoisotopic (exact) mass is 386 g/mol. The van der Waals surface area contributed by atoms with Crippen LogP contribution in [0.25, 0.3) is 0 Å². The average molecular weight is 386 g/mol. The number of anilines is 2. The van der Waals surface area contributed by atoms with E-state index in [1.165, 1.54) is 34.1 Å². The molecule has 0 radical (unpaired) electrons. The maximum atomic E-state index is 12.4. The molecule has 2 aromatic rings. The van der Waals surface area contributed by atoms with Crippen molar-refractivity contribution in [3.05, 3.63) is 48.0 Å². The molecule has 0 saturated carbocycles. The number of benzene rings is 2. The molecule has 0 fully saturated rings. The highest BCUT2D eigenvalue weighted by Gasteiger charge is 2.22. The fourth-order valence-corrected chi connectivity index (χ4v) is 2.33. The number of hydrogen-bond donors (Lipinski definition) is 2. The first-order valence-electron chi connectivity index (χ1n) is 8.45. The van der Waals surface area contributed by atoms with E-state index in [9.17, 15) is 14.4 Å². The normalized spacial score (nSPS) is 11.1. The van der Waals surface area contributed by atoms with Crippen LogP contribution in [0.3, 0.4) is 0 Å². The zero-order chi connectivity index (χ0) is 20.7. The molecule has 0 spiro atoms. The van der Waals surface area contributed by atoms with Gasteiger partial charge < -0.3 is 24.8 Å². The molecule has 8 heteroatoms. The molecule has 0 bridgehead atoms. The third kappa shape index (κ3) is 5.47. The SMILES string of the molecule is COc1ccc(C(=O)O[C@H](C)C(=O)Nc2ccc(NC(C)=O)cc2)c(OC)c1. The lowest BCUT2D eigenvalue weighted by Gasteiger charge is -2.15. The predicted molar refractivity (Wildman–Crippen MR) is 104 cm³/mol. The first kappa shape index (κ1) is 20.8. The smallest absolute Gasteiger partial charge is 0.342 e. The molecular formula is C20H22N2O6. The molecule has 0 aliphatic rings. The van der Waals surface area contributed by atoms with E-state index in [0.717, 1.165) is 0 Å². The van der Waals surface area contributed by atoms with Crippen LogP contribution in [-0.2, 0) is 14.3 Å². The van der Waals surface area contributed by atoms with Crippen molar-refractivity contribution in [2.75, 3.05) is 24.9 Å². The Kier molecular flexibility index (Phi) is 6.97. The predicted octanol–water partition coefficient (Wildman–Crippen LogP) is 2.85. The van der Waals surface area contributed by atoms with Crippen LogP contribution in [0.5, 0.6) is 11.5 Å². The van der Waals surface area contributed by atoms with Crippen molar-refractivity contribution in [3.63, 3.8) is 0 Å². The van der Waals surface area contributed by atoms with Gasteiger partial charge in [0.2, 0.25) is 5.91 Å². The van der Waals surface area contributed by atoms with Gasteiger partial charge in [-0.2, -0.15) is 0 Å². The van der Waals surface area contributed by atoms with Gasteiger partial charge in [0.25, 0.3) is 5.91 Å². The van der Waals surface area contributed by atoms with E-state index < -0.39 is 18.0 Å². The van der Waals surface area contributed by atoms with Crippen LogP contribution in [0.2, 0.25) is 0 Å². The second-order valence-electron chi connectivity index (χ2n) is 5.86. The summed E-state index contributed by atoms with van der Waals surface area (Å²) in [6.45, 7) is 2.87. The van der Waals surface area contributed by atoms with Gasteiger partial charge in [-0.3, -0.25) is 9.59 Å². The van der Waals surface area contributed by atoms with Crippen molar-refractivity contribution in [2.45, 2.75) is 20.0 Å². The highest BCUT2D eigenvalue weighted by Crippen LogP contribution is 2.25. The lowest BCUT2D eigenvalue weighted by molar-refractivity contribution is -0.123. The van der Waals surface area contributed by atoms with Crippen LogP contribution >= 0.6 is 0 Å². The Hall–Kier alpha value is -3.55. The zero-order valence-corrected chi connectivity index (χ0v) is 16.1. The second kappa shape index (κ2) is 9.40. The van der Waals surface area contributed by atoms with Crippen molar-refractivity contribution in [1.29, 1.82) is 0 Å². The molecular weight excluding hydrogens is 364 g/mol. The third-order valence-electron chi connectivity index (χ3n) is 3.75. The number of esters is 1. The summed E-state index contributed by atoms with van der Waals surface area (Å²) in [5.74, 6) is -0.560. The molecule has 2 rings (SSSR count). The van der Waals surface area contributed by atoms with E-state index in [0.29, 0.717) is 17.1 Å². The van der Waals surface area contributed by atoms with Crippen LogP contribution in [0.15, 0.2) is 42.5 Å². The summed E-state index contributed by atoms with van der Waals surface area (Å²) in [7, 11) is 2.92. The molecule has 0 aliphatic heterocycles. The molecule has 0 aromatic heterocycles. The molecule has 2 amide bonds. The van der Waals surface area contributed by atoms with Crippen molar-refractivity contribution < 1.29 is 28.6 Å². The van der Waals surface area contributed by atoms with Gasteiger partial charge in [-0.1, -0.05) is 0 Å². The minimum absolute atomic E-state index is 0.183. The first-order chi connectivity index (χ1) is 13.3. The summed E-state index contributed by atoms with van der Waals surface area (Å²) in [5, 5.41) is 5.28. The quantitative estimate of drug-likeness (QED) is 0.710. The van der Waals surface area contributed by atoms with Crippen LogP contribution in [0.1, 0.15) is 24.2 Å². The Balaban J connectivity index is 2.00. The largest absolute Gasteiger partial charge is 0.497 e. The molecule has 148 valence electrons. The van der Waals surface area contributed by atoms with E-state index >= 15 is 0 Å². The van der Waals surface area contributed by atoms with Gasteiger partial charge in [-0.05, 0) is 43.3 Å². The second-order valence-corrected chi connectivity index (χ2v) is 5.86. The number of rotatable bonds is 7. The van der Waals surface area contributed by atoms with Gasteiger partial charge in [-0.25, -0.2) is 4.79 Å². The number of amides is 2. The molecule has 0 unspecified atom stereocenters. The molecule has 0 saturated heterocycles. The van der Waals surface area contributed by atoms with Crippen LogP contribution in [0.4, 0.5) is 11.4 Å². The fourth-order valence-electron chi connectivity index (χ4n) is 2.33. The van der Waals surface area contributed by atoms with E-state index in [-0.39, 0.29) is 17.2 Å². The number of methoxy groups -OCH3 is 2. The maximum absolute atomic E-state index is 12.4. The van der Waals surface area contributed by atoms with Crippen LogP contribution < -0.4 is 20.1 Å². The van der Waals surface area contributed by atoms with Crippen LogP contribution in [-0.4, -0.2) is 38.1 Å². The highest BCUT2D eigenvalue weighted by molar-refractivity contribution is 5.98. The number of ether oxygens (including phenoxy) is 3. The molecule has 0 heterocycles. The summed E-state index contributed by atoms with van der Waals surface area (Å²) in [6, 6.07) is 11.2. The summed E-state index contributed by atoms with van der Waals surface area (Å²) in [6.07, 6.45) is -1.03. The number of nitrogens with one attached hydrogen (secondary N) is 2. The molecule has 28 heavy (non-hydrogen) atoms. The molecule has 2 N–H and O–H groups in total. The number of hydrogen-bond acceptors (Lipinski definition) is 6. The summed E-state index contributed by atoms with van der Waals surface area (Å²) < 4.78 is 15.5. The Morgan fingerprint density at radius 2 is 1.50 bits per heavy atom. The lowest BCUT2D eigenvalue weighted by Crippen LogP contribution is -2.30. The van der Waals surface area contributed by atoms with Crippen molar-refractivity contribution >= 4 is 29.2 Å². The maximum Gasteiger partial charge on any atom is 0.342 e. The minimum atomic E-state index is -1.03. The van der Waals surface area contributed by atoms with Gasteiger partial charge in [0.1, 0.15) is 17.1 Å². The summed E-state index contributed by atoms with van der Waals surface area (Å²) in [4.78, 5) is 35.7. The van der Waals surface area contributed by atoms with Crippen molar-refractivity contribution in [1.82, 2.24) is 0 Å². The fraction of sp³-hybridized carbons (Fsp3) is 0.250. The van der Waals surface area contributed by atoms with Gasteiger partial charge in [0.15, 0.2) is 6.10 Å². The zero-order valence-electron chi connectivity index (χ0n) is 16.1. The van der Waals surface area contributed by atoms with Gasteiger partial charge in [0, 0.05) is 24.4 Å². The molecule has 2 aromatic carbocycles. The Morgan fingerprint density at radius 3 is 2.04 bits per heavy atom. The van der Waals surface area contributed by atoms with Crippen molar-refractivity contribution in [3.8, 4) is 11.5 Å². The van der Waals surface area contributed by atoms with E-state index in [2.05, 4.69) is 10.6 Å². The van der Waals surface area contributed by atoms with Gasteiger partial charge >= 0.3 is 5.97 Å². The van der Waals surface area contributed by atoms with E-state index in [4.69, 9.17) is 14.2 Å². The van der Waals surface area contributed by atoms with Gasteiger partial charge in [0.05, 0.1) is 14.2 Å². The van der Waals surface area contributed by atoms with Crippen LogP contribution in [0, 0.1) is 0 Å². The Bertz CT molecular complexity index is 863. The first-order valence-corrected chi connectivity index (χ1v) is 8.45. The minimum Gasteiger partial charge on any atom is -0.497 e. The number of carbonyl (C=O) groups excluding carboxylic acids is 3. The summed E-state index contributed by atoms with van der Waals surface area (Å²) >= 11 is 0. The Labute approximate surface area is 162 Å². The molecule has 0 aliphatic carbocycles. The standard InChI is InChI=1S/C20H22N2O6/c1-12(19(24)22-15-7-5-14(6-8-15)21-13(2)23)28-20(25)17-10-9-16(26-3)11-18(17)27-4/h5-12H,1-4H3,(H,21,23)(H,22,24)/t12-/m1/s1. The number of carbonyl (C=O) groups is 3. The highest BCUT2D eigenvalue weighted by atomic mass is 16.5. The van der Waals surface area contributed by atoms with Gasteiger partial charge in [-0.15, -0.1) is 0 Å². The van der Waals surface area contributed by atoms with E-state index in [1.54, 1.807) is 36.4 Å². The molecule has 1 atom stereocenters. The molecule has 8 nitrogen and oxygen atoms in total. The average Bonchev–Trinajstić information content (AvgIpc) is 2.68. The van der Waals surface area contributed by atoms with Crippen molar-refractivity contribution in [2.24, 2.45) is 0 Å². The third-order valence-corrected chi connectivity index (χ3v) is 3.75. The lowest BCUT2D eigenvalue weighted by atomic mass is 10.2. The Morgan fingerprint density at radius 1 is 0.893 bits per heavy atom.